The third-order valence-corrected chi connectivity index (χ3v) is 8.45. The SMILES string of the molecule is CC(C)c1c(C(=O)Nc2ccc(C#N)cc2)c(-c2ccccc2)c(-c2ccc(F)cc2)n1CCC1CC(CC(=O)OC(C)(C)C)OC(C)(C)O1. The number of ether oxygens (including phenoxy) is 3. The molecule has 262 valence electrons. The van der Waals surface area contributed by atoms with Crippen molar-refractivity contribution in [3.05, 3.63) is 102 Å². The molecule has 5 rings (SSSR count). The average Bonchev–Trinajstić information content (AvgIpc) is 3.39. The summed E-state index contributed by atoms with van der Waals surface area (Å²) in [5.74, 6) is -1.98. The molecule has 4 aromatic rings. The highest BCUT2D eigenvalue weighted by molar-refractivity contribution is 6.12. The fourth-order valence-electron chi connectivity index (χ4n) is 6.68. The van der Waals surface area contributed by atoms with E-state index in [0.717, 1.165) is 28.1 Å². The zero-order valence-corrected chi connectivity index (χ0v) is 29.9. The van der Waals surface area contributed by atoms with Gasteiger partial charge in [-0.05, 0) is 107 Å². The van der Waals surface area contributed by atoms with Crippen LogP contribution in [0.2, 0.25) is 0 Å². The van der Waals surface area contributed by atoms with Crippen molar-refractivity contribution in [2.75, 3.05) is 5.32 Å². The highest BCUT2D eigenvalue weighted by Gasteiger charge is 2.38. The van der Waals surface area contributed by atoms with Crippen LogP contribution in [0, 0.1) is 17.1 Å². The van der Waals surface area contributed by atoms with Crippen LogP contribution in [-0.2, 0) is 25.5 Å². The molecular formula is C41H46FN3O5. The second-order valence-electron chi connectivity index (χ2n) is 14.5. The van der Waals surface area contributed by atoms with Gasteiger partial charge in [0.15, 0.2) is 5.79 Å². The average molecular weight is 680 g/mol. The van der Waals surface area contributed by atoms with Crippen LogP contribution >= 0.6 is 0 Å². The number of nitriles is 1. The number of carbonyl (C=O) groups excluding carboxylic acids is 2. The van der Waals surface area contributed by atoms with Crippen LogP contribution < -0.4 is 5.32 Å². The van der Waals surface area contributed by atoms with E-state index in [1.807, 2.05) is 65.0 Å². The van der Waals surface area contributed by atoms with E-state index in [1.54, 1.807) is 36.4 Å². The second-order valence-corrected chi connectivity index (χ2v) is 14.5. The molecule has 2 heterocycles. The zero-order valence-electron chi connectivity index (χ0n) is 29.9. The van der Waals surface area contributed by atoms with Crippen molar-refractivity contribution in [2.24, 2.45) is 0 Å². The number of rotatable bonds is 10. The highest BCUT2D eigenvalue weighted by atomic mass is 19.1. The number of nitrogens with one attached hydrogen (secondary N) is 1. The summed E-state index contributed by atoms with van der Waals surface area (Å²) in [6.07, 6.45) is 0.513. The monoisotopic (exact) mass is 679 g/mol. The van der Waals surface area contributed by atoms with Crippen LogP contribution in [0.5, 0.6) is 0 Å². The largest absolute Gasteiger partial charge is 0.460 e. The van der Waals surface area contributed by atoms with E-state index < -0.39 is 17.5 Å². The Morgan fingerprint density at radius 2 is 1.62 bits per heavy atom. The molecule has 8 nitrogen and oxygen atoms in total. The maximum absolute atomic E-state index is 14.4. The van der Waals surface area contributed by atoms with Gasteiger partial charge < -0.3 is 24.1 Å². The van der Waals surface area contributed by atoms with Gasteiger partial charge in [-0.15, -0.1) is 0 Å². The quantitative estimate of drug-likeness (QED) is 0.168. The summed E-state index contributed by atoms with van der Waals surface area (Å²) in [5.41, 5.74) is 4.94. The molecule has 2 unspecified atom stereocenters. The second kappa shape index (κ2) is 15.0. The Kier molecular flexibility index (Phi) is 10.9. The molecule has 0 radical (unpaired) electrons. The molecule has 1 fully saturated rings. The lowest BCUT2D eigenvalue weighted by Crippen LogP contribution is -2.46. The number of anilines is 1. The minimum absolute atomic E-state index is 0.0830. The summed E-state index contributed by atoms with van der Waals surface area (Å²) >= 11 is 0. The van der Waals surface area contributed by atoms with Gasteiger partial charge >= 0.3 is 5.97 Å². The summed E-state index contributed by atoms with van der Waals surface area (Å²) in [7, 11) is 0. The predicted octanol–water partition coefficient (Wildman–Crippen LogP) is 9.24. The Morgan fingerprint density at radius 1 is 0.980 bits per heavy atom. The van der Waals surface area contributed by atoms with E-state index >= 15 is 0 Å². The zero-order chi connectivity index (χ0) is 36.2. The molecule has 1 aromatic heterocycles. The van der Waals surface area contributed by atoms with Crippen LogP contribution in [0.1, 0.15) is 95.3 Å². The molecule has 1 aliphatic rings. The lowest BCUT2D eigenvalue weighted by Gasteiger charge is -2.41. The van der Waals surface area contributed by atoms with Gasteiger partial charge in [-0.3, -0.25) is 9.59 Å². The Hall–Kier alpha value is -4.78. The molecule has 1 amide bonds. The first-order valence-electron chi connectivity index (χ1n) is 17.1. The van der Waals surface area contributed by atoms with Gasteiger partial charge in [0.25, 0.3) is 5.91 Å². The molecule has 0 aliphatic carbocycles. The van der Waals surface area contributed by atoms with Crippen LogP contribution in [-0.4, -0.2) is 40.0 Å². The summed E-state index contributed by atoms with van der Waals surface area (Å²) < 4.78 is 34.6. The van der Waals surface area contributed by atoms with E-state index in [1.165, 1.54) is 12.1 Å². The molecule has 1 saturated heterocycles. The van der Waals surface area contributed by atoms with Crippen molar-refractivity contribution < 1.29 is 28.2 Å². The van der Waals surface area contributed by atoms with Crippen LogP contribution in [0.25, 0.3) is 22.4 Å². The van der Waals surface area contributed by atoms with E-state index in [0.29, 0.717) is 36.2 Å². The third-order valence-electron chi connectivity index (χ3n) is 8.45. The minimum Gasteiger partial charge on any atom is -0.460 e. The molecule has 0 spiro atoms. The molecule has 2 atom stereocenters. The van der Waals surface area contributed by atoms with Crippen molar-refractivity contribution in [1.29, 1.82) is 5.26 Å². The number of hydrogen-bond acceptors (Lipinski definition) is 6. The number of carbonyl (C=O) groups is 2. The number of halogens is 1. The smallest absolute Gasteiger partial charge is 0.308 e. The first kappa shape index (κ1) is 36.5. The molecule has 3 aromatic carbocycles. The topological polar surface area (TPSA) is 103 Å². The Morgan fingerprint density at radius 3 is 2.22 bits per heavy atom. The number of amides is 1. The van der Waals surface area contributed by atoms with E-state index in [2.05, 4.69) is 29.8 Å². The van der Waals surface area contributed by atoms with Gasteiger partial charge in [0.1, 0.15) is 11.4 Å². The molecular weight excluding hydrogens is 633 g/mol. The number of aromatic nitrogens is 1. The predicted molar refractivity (Wildman–Crippen MR) is 192 cm³/mol. The summed E-state index contributed by atoms with van der Waals surface area (Å²) in [6, 6.07) is 24.9. The lowest BCUT2D eigenvalue weighted by atomic mass is 9.94. The van der Waals surface area contributed by atoms with E-state index in [-0.39, 0.29) is 36.1 Å². The molecule has 1 aliphatic heterocycles. The molecule has 9 heteroatoms. The fraction of sp³-hybridized carbons (Fsp3) is 0.390. The van der Waals surface area contributed by atoms with E-state index in [9.17, 15) is 19.2 Å². The summed E-state index contributed by atoms with van der Waals surface area (Å²) in [5, 5.41) is 12.3. The van der Waals surface area contributed by atoms with Gasteiger partial charge in [0.05, 0.1) is 41.5 Å². The Labute approximate surface area is 294 Å². The van der Waals surface area contributed by atoms with Gasteiger partial charge in [-0.2, -0.15) is 5.26 Å². The fourth-order valence-corrected chi connectivity index (χ4v) is 6.68. The van der Waals surface area contributed by atoms with Crippen molar-refractivity contribution in [2.45, 2.75) is 104 Å². The van der Waals surface area contributed by atoms with Crippen molar-refractivity contribution in [3.8, 4) is 28.5 Å². The standard InChI is InChI=1S/C41H46FN3O5/c1-26(2)37-36(39(47)44-31-19-13-27(25-43)14-20-31)35(28-11-9-8-10-12-28)38(29-15-17-30(42)18-16-29)45(37)22-21-32-23-33(49-41(6,7)48-32)24-34(46)50-40(3,4)5/h8-20,26,32-33H,21-24H2,1-7H3,(H,44,47). The first-order chi connectivity index (χ1) is 23.6. The highest BCUT2D eigenvalue weighted by Crippen LogP contribution is 2.43. The number of esters is 1. The van der Waals surface area contributed by atoms with Crippen LogP contribution in [0.15, 0.2) is 78.9 Å². The molecule has 0 bridgehead atoms. The van der Waals surface area contributed by atoms with Crippen LogP contribution in [0.3, 0.4) is 0 Å². The maximum atomic E-state index is 14.4. The van der Waals surface area contributed by atoms with Crippen LogP contribution in [0.4, 0.5) is 10.1 Å². The minimum atomic E-state index is -0.922. The van der Waals surface area contributed by atoms with Crippen molar-refractivity contribution in [1.82, 2.24) is 4.57 Å². The summed E-state index contributed by atoms with van der Waals surface area (Å²) in [6.45, 7) is 13.8. The van der Waals surface area contributed by atoms with Gasteiger partial charge in [0.2, 0.25) is 0 Å². The molecule has 1 N–H and O–H groups in total. The number of benzene rings is 3. The third kappa shape index (κ3) is 8.87. The Bertz CT molecular complexity index is 1850. The van der Waals surface area contributed by atoms with Crippen molar-refractivity contribution in [3.63, 3.8) is 0 Å². The lowest BCUT2D eigenvalue weighted by molar-refractivity contribution is -0.301. The van der Waals surface area contributed by atoms with Gasteiger partial charge in [0, 0.05) is 29.9 Å². The van der Waals surface area contributed by atoms with E-state index in [4.69, 9.17) is 14.2 Å². The van der Waals surface area contributed by atoms with Crippen molar-refractivity contribution >= 4 is 17.6 Å². The number of nitrogens with zero attached hydrogens (tertiary/aromatic N) is 2. The van der Waals surface area contributed by atoms with Gasteiger partial charge in [-0.1, -0.05) is 44.2 Å². The normalized spacial score (nSPS) is 17.3. The number of hydrogen-bond donors (Lipinski definition) is 1. The first-order valence-corrected chi connectivity index (χ1v) is 17.1. The molecule has 50 heavy (non-hydrogen) atoms. The maximum Gasteiger partial charge on any atom is 0.308 e. The molecule has 0 saturated carbocycles. The summed E-state index contributed by atoms with van der Waals surface area (Å²) in [4.78, 5) is 27.2. The Balaban J connectivity index is 1.59. The van der Waals surface area contributed by atoms with Gasteiger partial charge in [-0.25, -0.2) is 4.39 Å².